The van der Waals surface area contributed by atoms with Gasteiger partial charge in [-0.2, -0.15) is 5.26 Å². The minimum Gasteiger partial charge on any atom is -0.339 e. The normalized spacial score (nSPS) is 19.3. The molecular formula is C28H28N4S. The van der Waals surface area contributed by atoms with Crippen molar-refractivity contribution in [1.82, 2.24) is 14.7 Å². The molecule has 0 amide bonds. The highest BCUT2D eigenvalue weighted by molar-refractivity contribution is 8.03. The summed E-state index contributed by atoms with van der Waals surface area (Å²) in [4.78, 5) is 7.27. The van der Waals surface area contributed by atoms with Crippen LogP contribution in [0.5, 0.6) is 0 Å². The van der Waals surface area contributed by atoms with Gasteiger partial charge in [-0.3, -0.25) is 9.80 Å². The minimum absolute atomic E-state index is 0.0322. The van der Waals surface area contributed by atoms with E-state index in [9.17, 15) is 5.26 Å². The lowest BCUT2D eigenvalue weighted by Gasteiger charge is -2.47. The Bertz CT molecular complexity index is 1150. The van der Waals surface area contributed by atoms with Crippen LogP contribution in [-0.4, -0.2) is 33.9 Å². The van der Waals surface area contributed by atoms with Crippen LogP contribution in [0.4, 0.5) is 0 Å². The summed E-state index contributed by atoms with van der Waals surface area (Å²) in [6.07, 6.45) is 0. The Morgan fingerprint density at radius 1 is 0.848 bits per heavy atom. The first-order valence-corrected chi connectivity index (χ1v) is 12.3. The van der Waals surface area contributed by atoms with Gasteiger partial charge in [0.05, 0.1) is 41.9 Å². The zero-order chi connectivity index (χ0) is 22.6. The molecule has 5 rings (SSSR count). The van der Waals surface area contributed by atoms with Gasteiger partial charge >= 0.3 is 0 Å². The predicted molar refractivity (Wildman–Crippen MR) is 135 cm³/mol. The van der Waals surface area contributed by atoms with Gasteiger partial charge < -0.3 is 4.90 Å². The highest BCUT2D eigenvalue weighted by Crippen LogP contribution is 2.42. The summed E-state index contributed by atoms with van der Waals surface area (Å²) in [5.41, 5.74) is 5.88. The van der Waals surface area contributed by atoms with Crippen molar-refractivity contribution in [3.05, 3.63) is 118 Å². The molecule has 1 atom stereocenters. The lowest BCUT2D eigenvalue weighted by Crippen LogP contribution is -2.50. The summed E-state index contributed by atoms with van der Waals surface area (Å²) in [7, 11) is 0. The molecule has 2 heterocycles. The molecule has 3 aromatic rings. The fourth-order valence-electron chi connectivity index (χ4n) is 4.68. The van der Waals surface area contributed by atoms with Crippen LogP contribution in [0.3, 0.4) is 0 Å². The fraction of sp³-hybridized carbons (Fsp3) is 0.250. The number of benzene rings is 3. The second kappa shape index (κ2) is 9.84. The quantitative estimate of drug-likeness (QED) is 0.495. The first-order valence-electron chi connectivity index (χ1n) is 11.3. The van der Waals surface area contributed by atoms with Gasteiger partial charge in [0.25, 0.3) is 0 Å². The van der Waals surface area contributed by atoms with E-state index in [1.54, 1.807) is 11.8 Å². The van der Waals surface area contributed by atoms with Gasteiger partial charge in [0, 0.05) is 13.1 Å². The van der Waals surface area contributed by atoms with Crippen LogP contribution in [-0.2, 0) is 13.1 Å². The van der Waals surface area contributed by atoms with Crippen LogP contribution in [0, 0.1) is 18.3 Å². The Morgan fingerprint density at radius 2 is 1.48 bits per heavy atom. The largest absolute Gasteiger partial charge is 0.339 e. The average Bonchev–Trinajstić information content (AvgIpc) is 2.85. The number of nitrogens with zero attached hydrogens (tertiary/aromatic N) is 4. The van der Waals surface area contributed by atoms with Gasteiger partial charge in [-0.1, -0.05) is 102 Å². The van der Waals surface area contributed by atoms with Crippen LogP contribution in [0.2, 0.25) is 0 Å². The number of hydrogen-bond donors (Lipinski definition) is 0. The third-order valence-corrected chi connectivity index (χ3v) is 7.50. The van der Waals surface area contributed by atoms with E-state index in [0.717, 1.165) is 42.9 Å². The van der Waals surface area contributed by atoms with Crippen molar-refractivity contribution in [3.63, 3.8) is 0 Å². The number of rotatable bonds is 5. The molecule has 1 saturated heterocycles. The van der Waals surface area contributed by atoms with Crippen LogP contribution in [0.15, 0.2) is 95.5 Å². The molecule has 0 spiro atoms. The number of hydrogen-bond acceptors (Lipinski definition) is 5. The van der Waals surface area contributed by atoms with Crippen LogP contribution in [0.1, 0.15) is 28.3 Å². The number of aryl methyl sites for hydroxylation is 1. The first kappa shape index (κ1) is 21.8. The Labute approximate surface area is 200 Å². The van der Waals surface area contributed by atoms with Gasteiger partial charge in [0.2, 0.25) is 0 Å². The maximum Gasteiger partial charge on any atom is 0.0995 e. The number of fused-ring (bicyclic) bond motifs is 1. The zero-order valence-electron chi connectivity index (χ0n) is 18.9. The molecule has 3 aromatic carbocycles. The number of nitriles is 1. The molecule has 0 saturated carbocycles. The summed E-state index contributed by atoms with van der Waals surface area (Å²) in [6.45, 7) is 5.45. The molecule has 0 aliphatic carbocycles. The fourth-order valence-corrected chi connectivity index (χ4v) is 5.77. The smallest absolute Gasteiger partial charge is 0.0995 e. The van der Waals surface area contributed by atoms with Crippen molar-refractivity contribution in [2.45, 2.75) is 26.1 Å². The van der Waals surface area contributed by atoms with E-state index in [2.05, 4.69) is 113 Å². The zero-order valence-corrected chi connectivity index (χ0v) is 19.7. The van der Waals surface area contributed by atoms with E-state index in [-0.39, 0.29) is 6.04 Å². The van der Waals surface area contributed by atoms with Crippen molar-refractivity contribution in [1.29, 1.82) is 5.26 Å². The molecule has 0 radical (unpaired) electrons. The second-order valence-electron chi connectivity index (χ2n) is 8.79. The molecule has 2 aliphatic rings. The van der Waals surface area contributed by atoms with Gasteiger partial charge in [-0.25, -0.2) is 0 Å². The van der Waals surface area contributed by atoms with E-state index in [1.165, 1.54) is 22.3 Å². The maximum absolute atomic E-state index is 10.3. The van der Waals surface area contributed by atoms with Crippen LogP contribution >= 0.6 is 11.8 Å². The van der Waals surface area contributed by atoms with Crippen molar-refractivity contribution >= 4 is 11.8 Å². The monoisotopic (exact) mass is 452 g/mol. The summed E-state index contributed by atoms with van der Waals surface area (Å²) in [5, 5.41) is 11.4. The van der Waals surface area contributed by atoms with Gasteiger partial charge in [0.1, 0.15) is 0 Å². The Balaban J connectivity index is 1.47. The molecule has 0 aromatic heterocycles. The minimum atomic E-state index is -0.0322. The SMILES string of the molecule is Cc1ccc([C@H]2C(C#N)=C3SCN(Cc4ccccc4)CN3CN2Cc2ccccc2)cc1. The molecule has 0 bridgehead atoms. The summed E-state index contributed by atoms with van der Waals surface area (Å²) in [6, 6.07) is 32.4. The summed E-state index contributed by atoms with van der Waals surface area (Å²) < 4.78 is 0. The standard InChI is InChI=1S/C28H28N4S/c1-22-12-14-25(15-13-22)27-26(16-29)28-32(20-31(27)18-24-10-6-3-7-11-24)19-30(21-33-28)17-23-8-4-2-5-9-23/h2-15,27H,17-21H2,1H3/t27-/m0/s1. The Kier molecular flexibility index (Phi) is 6.50. The highest BCUT2D eigenvalue weighted by atomic mass is 32.2. The topological polar surface area (TPSA) is 33.5 Å². The molecule has 0 unspecified atom stereocenters. The Hall–Kier alpha value is -3.04. The van der Waals surface area contributed by atoms with Gasteiger partial charge in [-0.05, 0) is 23.6 Å². The lowest BCUT2D eigenvalue weighted by molar-refractivity contribution is 0.0630. The number of thioether (sulfide) groups is 1. The summed E-state index contributed by atoms with van der Waals surface area (Å²) >= 11 is 1.80. The van der Waals surface area contributed by atoms with E-state index in [1.807, 2.05) is 0 Å². The van der Waals surface area contributed by atoms with Crippen LogP contribution < -0.4 is 0 Å². The van der Waals surface area contributed by atoms with Crippen molar-refractivity contribution in [2.75, 3.05) is 19.2 Å². The predicted octanol–water partition coefficient (Wildman–Crippen LogP) is 5.71. The van der Waals surface area contributed by atoms with E-state index in [4.69, 9.17) is 0 Å². The first-order chi connectivity index (χ1) is 16.2. The molecule has 5 heteroatoms. The second-order valence-corrected chi connectivity index (χ2v) is 9.72. The lowest BCUT2D eigenvalue weighted by atomic mass is 9.95. The van der Waals surface area contributed by atoms with Gasteiger partial charge in [0.15, 0.2) is 0 Å². The molecule has 1 fully saturated rings. The highest BCUT2D eigenvalue weighted by Gasteiger charge is 2.37. The molecule has 33 heavy (non-hydrogen) atoms. The molecule has 4 nitrogen and oxygen atoms in total. The third-order valence-electron chi connectivity index (χ3n) is 6.25. The van der Waals surface area contributed by atoms with Crippen molar-refractivity contribution < 1.29 is 0 Å². The average molecular weight is 453 g/mol. The molecule has 0 N–H and O–H groups in total. The van der Waals surface area contributed by atoms with Gasteiger partial charge in [-0.15, -0.1) is 0 Å². The van der Waals surface area contributed by atoms with E-state index in [0.29, 0.717) is 0 Å². The molecular weight excluding hydrogens is 424 g/mol. The molecule has 166 valence electrons. The van der Waals surface area contributed by atoms with E-state index < -0.39 is 0 Å². The van der Waals surface area contributed by atoms with Crippen molar-refractivity contribution in [3.8, 4) is 6.07 Å². The maximum atomic E-state index is 10.3. The van der Waals surface area contributed by atoms with E-state index >= 15 is 0 Å². The summed E-state index contributed by atoms with van der Waals surface area (Å²) in [5.74, 6) is 0.894. The Morgan fingerprint density at radius 3 is 2.12 bits per heavy atom. The molecule has 2 aliphatic heterocycles. The van der Waals surface area contributed by atoms with Crippen LogP contribution in [0.25, 0.3) is 0 Å². The van der Waals surface area contributed by atoms with Crippen molar-refractivity contribution in [2.24, 2.45) is 0 Å². The third kappa shape index (κ3) is 4.84.